The third kappa shape index (κ3) is 3.68. The van der Waals surface area contributed by atoms with Crippen molar-refractivity contribution in [3.63, 3.8) is 0 Å². The molecule has 1 aliphatic carbocycles. The summed E-state index contributed by atoms with van der Waals surface area (Å²) in [6.45, 7) is 9.50. The average molecular weight is 183 g/mol. The monoisotopic (exact) mass is 183 g/mol. The predicted octanol–water partition coefficient (Wildman–Crippen LogP) is 3.06. The van der Waals surface area contributed by atoms with E-state index in [0.29, 0.717) is 0 Å². The second-order valence-corrected chi connectivity index (χ2v) is 4.84. The topological polar surface area (TPSA) is 12.0 Å². The van der Waals surface area contributed by atoms with Gasteiger partial charge in [-0.15, -0.1) is 0 Å². The van der Waals surface area contributed by atoms with E-state index in [9.17, 15) is 0 Å². The molecule has 0 aliphatic heterocycles. The molecule has 0 radical (unpaired) electrons. The van der Waals surface area contributed by atoms with Crippen molar-refractivity contribution in [2.75, 3.05) is 13.1 Å². The lowest BCUT2D eigenvalue weighted by atomic mass is 9.76. The van der Waals surface area contributed by atoms with Gasteiger partial charge in [-0.1, -0.05) is 27.2 Å². The van der Waals surface area contributed by atoms with Crippen molar-refractivity contribution in [2.24, 2.45) is 17.8 Å². The summed E-state index contributed by atoms with van der Waals surface area (Å²) in [5.41, 5.74) is 0. The minimum Gasteiger partial charge on any atom is -0.316 e. The first-order valence-electron chi connectivity index (χ1n) is 5.94. The van der Waals surface area contributed by atoms with Crippen LogP contribution in [0.3, 0.4) is 0 Å². The molecule has 1 fully saturated rings. The van der Waals surface area contributed by atoms with E-state index in [2.05, 4.69) is 26.1 Å². The first kappa shape index (κ1) is 11.0. The van der Waals surface area contributed by atoms with Gasteiger partial charge in [-0.25, -0.2) is 0 Å². The van der Waals surface area contributed by atoms with Crippen LogP contribution in [0.25, 0.3) is 0 Å². The molecule has 0 saturated heterocycles. The van der Waals surface area contributed by atoms with Crippen LogP contribution in [-0.2, 0) is 0 Å². The van der Waals surface area contributed by atoms with Crippen molar-refractivity contribution in [3.8, 4) is 0 Å². The smallest absolute Gasteiger partial charge is 0.00204 e. The van der Waals surface area contributed by atoms with Gasteiger partial charge in [-0.2, -0.15) is 0 Å². The van der Waals surface area contributed by atoms with E-state index >= 15 is 0 Å². The van der Waals surface area contributed by atoms with Gasteiger partial charge in [0.25, 0.3) is 0 Å². The largest absolute Gasteiger partial charge is 0.316 e. The fourth-order valence-electron chi connectivity index (χ4n) is 2.33. The summed E-state index contributed by atoms with van der Waals surface area (Å²) in [5.74, 6) is 2.86. The molecule has 1 rings (SSSR count). The van der Waals surface area contributed by atoms with Crippen molar-refractivity contribution < 1.29 is 0 Å². The van der Waals surface area contributed by atoms with E-state index in [4.69, 9.17) is 0 Å². The van der Waals surface area contributed by atoms with E-state index in [0.717, 1.165) is 17.8 Å². The van der Waals surface area contributed by atoms with Gasteiger partial charge in [0, 0.05) is 0 Å². The lowest BCUT2D eigenvalue weighted by Gasteiger charge is -2.32. The Morgan fingerprint density at radius 3 is 2.54 bits per heavy atom. The van der Waals surface area contributed by atoms with E-state index in [1.54, 1.807) is 0 Å². The lowest BCUT2D eigenvalue weighted by Crippen LogP contribution is -2.29. The lowest BCUT2D eigenvalue weighted by molar-refractivity contribution is 0.205. The maximum atomic E-state index is 3.54. The third-order valence-corrected chi connectivity index (χ3v) is 3.57. The van der Waals surface area contributed by atoms with Crippen molar-refractivity contribution >= 4 is 0 Å². The molecule has 0 aromatic heterocycles. The summed E-state index contributed by atoms with van der Waals surface area (Å²) in [5, 5.41) is 3.54. The van der Waals surface area contributed by atoms with Gasteiger partial charge in [0.05, 0.1) is 0 Å². The molecule has 0 amide bonds. The van der Waals surface area contributed by atoms with Crippen LogP contribution in [0.2, 0.25) is 0 Å². The summed E-state index contributed by atoms with van der Waals surface area (Å²) in [6, 6.07) is 0. The van der Waals surface area contributed by atoms with Crippen LogP contribution >= 0.6 is 0 Å². The molecule has 3 unspecified atom stereocenters. The molecule has 0 bridgehead atoms. The Kier molecular flexibility index (Phi) is 4.79. The van der Waals surface area contributed by atoms with Gasteiger partial charge >= 0.3 is 0 Å². The number of rotatable bonds is 4. The normalized spacial score (nSPS) is 34.8. The quantitative estimate of drug-likeness (QED) is 0.661. The van der Waals surface area contributed by atoms with Gasteiger partial charge < -0.3 is 5.32 Å². The molecule has 1 nitrogen and oxygen atoms in total. The second kappa shape index (κ2) is 5.64. The van der Waals surface area contributed by atoms with E-state index < -0.39 is 0 Å². The summed E-state index contributed by atoms with van der Waals surface area (Å²) in [7, 11) is 0. The van der Waals surface area contributed by atoms with Crippen LogP contribution in [-0.4, -0.2) is 13.1 Å². The average Bonchev–Trinajstić information content (AvgIpc) is 2.12. The summed E-state index contributed by atoms with van der Waals surface area (Å²) < 4.78 is 0. The van der Waals surface area contributed by atoms with E-state index in [1.165, 1.54) is 38.8 Å². The van der Waals surface area contributed by atoms with E-state index in [-0.39, 0.29) is 0 Å². The van der Waals surface area contributed by atoms with Crippen LogP contribution in [0, 0.1) is 17.8 Å². The van der Waals surface area contributed by atoms with Crippen molar-refractivity contribution in [2.45, 2.75) is 46.5 Å². The maximum Gasteiger partial charge on any atom is -0.00204 e. The van der Waals surface area contributed by atoms with Gasteiger partial charge in [-0.05, 0) is 50.1 Å². The van der Waals surface area contributed by atoms with Crippen LogP contribution < -0.4 is 5.32 Å². The Morgan fingerprint density at radius 2 is 1.92 bits per heavy atom. The first-order valence-corrected chi connectivity index (χ1v) is 5.94. The van der Waals surface area contributed by atoms with Crippen LogP contribution in [0.4, 0.5) is 0 Å². The number of hydrogen-bond donors (Lipinski definition) is 1. The summed E-state index contributed by atoms with van der Waals surface area (Å²) >= 11 is 0. The Labute approximate surface area is 83.3 Å². The SMILES string of the molecule is CCCNCC1CCC(C)C(C)C1. The van der Waals surface area contributed by atoms with Crippen molar-refractivity contribution in [1.82, 2.24) is 5.32 Å². The molecule has 1 saturated carbocycles. The molecular weight excluding hydrogens is 158 g/mol. The predicted molar refractivity (Wildman–Crippen MR) is 58.8 cm³/mol. The molecule has 0 aromatic rings. The molecular formula is C12H25N. The zero-order valence-electron chi connectivity index (χ0n) is 9.47. The fourth-order valence-corrected chi connectivity index (χ4v) is 2.33. The highest BCUT2D eigenvalue weighted by molar-refractivity contribution is 4.76. The summed E-state index contributed by atoms with van der Waals surface area (Å²) in [4.78, 5) is 0. The second-order valence-electron chi connectivity index (χ2n) is 4.84. The zero-order valence-corrected chi connectivity index (χ0v) is 9.47. The Bertz CT molecular complexity index is 133. The molecule has 1 heteroatoms. The molecule has 1 aliphatic rings. The van der Waals surface area contributed by atoms with E-state index in [1.807, 2.05) is 0 Å². The standard InChI is InChI=1S/C12H25N/c1-4-7-13-9-12-6-5-10(2)11(3)8-12/h10-13H,4-9H2,1-3H3. The molecule has 3 atom stereocenters. The van der Waals surface area contributed by atoms with Gasteiger partial charge in [0.2, 0.25) is 0 Å². The zero-order chi connectivity index (χ0) is 9.68. The summed E-state index contributed by atoms with van der Waals surface area (Å²) in [6.07, 6.45) is 5.60. The molecule has 0 spiro atoms. The highest BCUT2D eigenvalue weighted by Crippen LogP contribution is 2.32. The Morgan fingerprint density at radius 1 is 1.15 bits per heavy atom. The minimum atomic E-state index is 0.946. The molecule has 0 aromatic carbocycles. The number of hydrogen-bond acceptors (Lipinski definition) is 1. The fraction of sp³-hybridized carbons (Fsp3) is 1.00. The Hall–Kier alpha value is -0.0400. The van der Waals surface area contributed by atoms with Crippen LogP contribution in [0.5, 0.6) is 0 Å². The molecule has 78 valence electrons. The number of nitrogens with one attached hydrogen (secondary N) is 1. The van der Waals surface area contributed by atoms with Gasteiger partial charge in [-0.3, -0.25) is 0 Å². The highest BCUT2D eigenvalue weighted by Gasteiger charge is 2.23. The van der Waals surface area contributed by atoms with Crippen molar-refractivity contribution in [1.29, 1.82) is 0 Å². The first-order chi connectivity index (χ1) is 6.24. The van der Waals surface area contributed by atoms with Crippen molar-refractivity contribution in [3.05, 3.63) is 0 Å². The molecule has 1 N–H and O–H groups in total. The minimum absolute atomic E-state index is 0.946. The molecule has 0 heterocycles. The van der Waals surface area contributed by atoms with Crippen LogP contribution in [0.1, 0.15) is 46.5 Å². The van der Waals surface area contributed by atoms with Gasteiger partial charge in [0.1, 0.15) is 0 Å². The molecule has 13 heavy (non-hydrogen) atoms. The maximum absolute atomic E-state index is 3.54. The Balaban J connectivity index is 2.14. The van der Waals surface area contributed by atoms with Crippen LogP contribution in [0.15, 0.2) is 0 Å². The third-order valence-electron chi connectivity index (χ3n) is 3.57. The van der Waals surface area contributed by atoms with Gasteiger partial charge in [0.15, 0.2) is 0 Å². The highest BCUT2D eigenvalue weighted by atomic mass is 14.8.